The molecule has 0 bridgehead atoms. The number of hydrogen-bond donors (Lipinski definition) is 1. The summed E-state index contributed by atoms with van der Waals surface area (Å²) in [5.74, 6) is -0.134. The van der Waals surface area contributed by atoms with Crippen LogP contribution in [0.1, 0.15) is 11.7 Å². The molecule has 112 valence electrons. The smallest absolute Gasteiger partial charge is 0.269 e. The second-order valence-electron chi connectivity index (χ2n) is 4.50. The molecular weight excluding hydrogens is 349 g/mol. The minimum atomic E-state index is -0.506. The van der Waals surface area contributed by atoms with E-state index >= 15 is 0 Å². The summed E-state index contributed by atoms with van der Waals surface area (Å²) in [5, 5.41) is 13.9. The summed E-state index contributed by atoms with van der Waals surface area (Å²) in [4.78, 5) is 23.0. The van der Waals surface area contributed by atoms with E-state index in [9.17, 15) is 10.1 Å². The zero-order valence-electron chi connectivity index (χ0n) is 10.7. The second kappa shape index (κ2) is 5.71. The minimum Gasteiger partial charge on any atom is -0.354 e. The first-order chi connectivity index (χ1) is 10.5. The largest absolute Gasteiger partial charge is 0.354 e. The van der Waals surface area contributed by atoms with Crippen LogP contribution in [0, 0.1) is 16.0 Å². The van der Waals surface area contributed by atoms with Crippen molar-refractivity contribution < 1.29 is 4.92 Å². The molecule has 0 radical (unpaired) electrons. The molecule has 2 heterocycles. The quantitative estimate of drug-likeness (QED) is 0.382. The Morgan fingerprint density at radius 3 is 2.55 bits per heavy atom. The third kappa shape index (κ3) is 2.72. The van der Waals surface area contributed by atoms with Gasteiger partial charge < -0.3 is 5.32 Å². The van der Waals surface area contributed by atoms with Gasteiger partial charge in [-0.25, -0.2) is 15.0 Å². The number of nitrogens with zero attached hydrogens (tertiary/aromatic N) is 4. The van der Waals surface area contributed by atoms with Gasteiger partial charge in [-0.05, 0) is 29.3 Å². The Morgan fingerprint density at radius 1 is 1.23 bits per heavy atom. The lowest BCUT2D eigenvalue weighted by Crippen LogP contribution is -2.44. The number of benzene rings is 1. The van der Waals surface area contributed by atoms with Crippen molar-refractivity contribution in [3.63, 3.8) is 0 Å². The maximum atomic E-state index is 10.7. The van der Waals surface area contributed by atoms with Gasteiger partial charge in [-0.1, -0.05) is 23.8 Å². The molecule has 7 nitrogen and oxygen atoms in total. The molecule has 10 heteroatoms. The first kappa shape index (κ1) is 15.0. The highest BCUT2D eigenvalue weighted by Crippen LogP contribution is 2.27. The van der Waals surface area contributed by atoms with E-state index in [4.69, 9.17) is 35.4 Å². The van der Waals surface area contributed by atoms with Crippen molar-refractivity contribution in [3.05, 3.63) is 39.9 Å². The molecule has 2 aliphatic heterocycles. The number of fused-ring (bicyclic) bond motifs is 1. The third-order valence-corrected chi connectivity index (χ3v) is 3.95. The van der Waals surface area contributed by atoms with Crippen LogP contribution in [-0.2, 0) is 0 Å². The number of halogens is 2. The Balaban J connectivity index is 1.95. The van der Waals surface area contributed by atoms with E-state index in [1.165, 1.54) is 12.1 Å². The van der Waals surface area contributed by atoms with Gasteiger partial charge in [-0.3, -0.25) is 10.1 Å². The van der Waals surface area contributed by atoms with Crippen LogP contribution >= 0.6 is 35.4 Å². The molecule has 0 saturated heterocycles. The SMILES string of the molecule is O=[N+]([O-])c1ccc(C2N=C3N=C(Cl)N=C(Cl)C3C(=S)N2)cc1. The Bertz CT molecular complexity index is 759. The first-order valence-corrected chi connectivity index (χ1v) is 7.23. The van der Waals surface area contributed by atoms with Gasteiger partial charge in [-0.2, -0.15) is 0 Å². The van der Waals surface area contributed by atoms with Gasteiger partial charge in [0.1, 0.15) is 23.1 Å². The fourth-order valence-electron chi connectivity index (χ4n) is 2.09. The number of amidine groups is 2. The Hall–Kier alpha value is -1.90. The third-order valence-electron chi connectivity index (χ3n) is 3.12. The van der Waals surface area contributed by atoms with Crippen molar-refractivity contribution in [2.24, 2.45) is 20.9 Å². The highest BCUT2D eigenvalue weighted by Gasteiger charge is 2.35. The summed E-state index contributed by atoms with van der Waals surface area (Å²) in [6.45, 7) is 0. The zero-order chi connectivity index (χ0) is 15.9. The molecule has 1 aromatic rings. The molecule has 3 rings (SSSR count). The summed E-state index contributed by atoms with van der Waals surface area (Å²) in [5.41, 5.74) is 0.713. The number of hydrogen-bond acceptors (Lipinski definition) is 6. The summed E-state index contributed by atoms with van der Waals surface area (Å²) >= 11 is 17.1. The average molecular weight is 356 g/mol. The lowest BCUT2D eigenvalue weighted by molar-refractivity contribution is -0.384. The van der Waals surface area contributed by atoms with Crippen LogP contribution in [0.4, 0.5) is 5.69 Å². The number of nitro benzene ring substituents is 1. The maximum absolute atomic E-state index is 10.7. The van der Waals surface area contributed by atoms with E-state index in [0.29, 0.717) is 16.4 Å². The molecule has 0 saturated carbocycles. The number of thiocarbonyl (C=S) groups is 1. The summed E-state index contributed by atoms with van der Waals surface area (Å²) in [6, 6.07) is 6.01. The number of nitro groups is 1. The van der Waals surface area contributed by atoms with Gasteiger partial charge in [0.05, 0.1) is 9.91 Å². The van der Waals surface area contributed by atoms with Crippen molar-refractivity contribution in [2.45, 2.75) is 6.17 Å². The molecule has 0 spiro atoms. The van der Waals surface area contributed by atoms with E-state index in [0.717, 1.165) is 0 Å². The predicted molar refractivity (Wildman–Crippen MR) is 89.1 cm³/mol. The molecule has 0 aliphatic carbocycles. The van der Waals surface area contributed by atoms with Crippen molar-refractivity contribution in [1.82, 2.24) is 5.32 Å². The molecule has 2 atom stereocenters. The molecule has 0 amide bonds. The summed E-state index contributed by atoms with van der Waals surface area (Å²) in [7, 11) is 0. The predicted octanol–water partition coefficient (Wildman–Crippen LogP) is 2.78. The van der Waals surface area contributed by atoms with Gasteiger partial charge in [0, 0.05) is 12.1 Å². The number of nitrogens with one attached hydrogen (secondary N) is 1. The Morgan fingerprint density at radius 2 is 1.91 bits per heavy atom. The Labute approximate surface area is 139 Å². The lowest BCUT2D eigenvalue weighted by atomic mass is 10.0. The van der Waals surface area contributed by atoms with Crippen LogP contribution in [0.2, 0.25) is 0 Å². The van der Waals surface area contributed by atoms with Gasteiger partial charge >= 0.3 is 0 Å². The van der Waals surface area contributed by atoms with Crippen molar-refractivity contribution in [2.75, 3.05) is 0 Å². The van der Waals surface area contributed by atoms with Gasteiger partial charge in [0.2, 0.25) is 5.29 Å². The standard InChI is InChI=1S/C12H7Cl2N5O2S/c13-8-7-10(18-12(14)15-8)16-9(17-11(7)22)5-1-3-6(4-2-5)19(20)21/h1-4,7,9H,(H,17,22). The lowest BCUT2D eigenvalue weighted by Gasteiger charge is -2.29. The first-order valence-electron chi connectivity index (χ1n) is 6.06. The molecule has 2 aliphatic rings. The van der Waals surface area contributed by atoms with E-state index in [1.54, 1.807) is 12.1 Å². The van der Waals surface area contributed by atoms with Crippen LogP contribution in [0.3, 0.4) is 0 Å². The fourth-order valence-corrected chi connectivity index (χ4v) is 2.99. The van der Waals surface area contributed by atoms with Crippen LogP contribution in [0.25, 0.3) is 0 Å². The van der Waals surface area contributed by atoms with Crippen LogP contribution < -0.4 is 5.32 Å². The fraction of sp³-hybridized carbons (Fsp3) is 0.167. The topological polar surface area (TPSA) is 92.2 Å². The van der Waals surface area contributed by atoms with Crippen LogP contribution in [-0.4, -0.2) is 26.2 Å². The van der Waals surface area contributed by atoms with Crippen molar-refractivity contribution >= 4 is 62.4 Å². The minimum absolute atomic E-state index is 0.00146. The van der Waals surface area contributed by atoms with E-state index in [-0.39, 0.29) is 16.2 Å². The van der Waals surface area contributed by atoms with E-state index in [2.05, 4.69) is 20.3 Å². The van der Waals surface area contributed by atoms with E-state index < -0.39 is 17.0 Å². The van der Waals surface area contributed by atoms with Crippen LogP contribution in [0.5, 0.6) is 0 Å². The summed E-state index contributed by atoms with van der Waals surface area (Å²) < 4.78 is 0. The molecule has 22 heavy (non-hydrogen) atoms. The average Bonchev–Trinajstić information content (AvgIpc) is 2.46. The molecule has 2 unspecified atom stereocenters. The zero-order valence-corrected chi connectivity index (χ0v) is 13.1. The number of rotatable bonds is 2. The highest BCUT2D eigenvalue weighted by molar-refractivity contribution is 7.80. The van der Waals surface area contributed by atoms with Gasteiger partial charge in [-0.15, -0.1) is 0 Å². The molecule has 0 fully saturated rings. The maximum Gasteiger partial charge on any atom is 0.269 e. The van der Waals surface area contributed by atoms with Gasteiger partial charge in [0.15, 0.2) is 0 Å². The number of aliphatic imine (C=N–C) groups is 3. The van der Waals surface area contributed by atoms with E-state index in [1.807, 2.05) is 0 Å². The number of non-ortho nitro benzene ring substituents is 1. The monoisotopic (exact) mass is 355 g/mol. The molecule has 0 aromatic heterocycles. The summed E-state index contributed by atoms with van der Waals surface area (Å²) in [6.07, 6.45) is -0.504. The molecule has 1 N–H and O–H groups in total. The van der Waals surface area contributed by atoms with Crippen molar-refractivity contribution in [3.8, 4) is 0 Å². The van der Waals surface area contributed by atoms with Gasteiger partial charge in [0.25, 0.3) is 5.69 Å². The van der Waals surface area contributed by atoms with Crippen molar-refractivity contribution in [1.29, 1.82) is 0 Å². The van der Waals surface area contributed by atoms with Crippen LogP contribution in [0.15, 0.2) is 39.2 Å². The molecular formula is C12H7Cl2N5O2S. The normalized spacial score (nSPS) is 23.7. The molecule has 1 aromatic carbocycles. The highest BCUT2D eigenvalue weighted by atomic mass is 35.5. The second-order valence-corrected chi connectivity index (χ2v) is 5.66. The Kier molecular flexibility index (Phi) is 3.90.